The topological polar surface area (TPSA) is 69.0 Å². The maximum Gasteiger partial charge on any atom is 0.387 e. The summed E-state index contributed by atoms with van der Waals surface area (Å²) in [5.74, 6) is 0.198. The van der Waals surface area contributed by atoms with E-state index in [1.165, 1.54) is 36.0 Å². The largest absolute Gasteiger partial charge is 0.435 e. The van der Waals surface area contributed by atoms with Crippen molar-refractivity contribution in [2.24, 2.45) is 0 Å². The first kappa shape index (κ1) is 24.8. The molecular weight excluding hydrogens is 553 g/mol. The Morgan fingerprint density at radius 2 is 1.67 bits per heavy atom. The van der Waals surface area contributed by atoms with Crippen LogP contribution < -0.4 is 10.2 Å². The average molecular weight is 568 g/mol. The number of hydrogen-bond donors (Lipinski definition) is 1. The van der Waals surface area contributed by atoms with Crippen LogP contribution >= 0.6 is 46.6 Å². The predicted molar refractivity (Wildman–Crippen MR) is 136 cm³/mol. The van der Waals surface area contributed by atoms with Crippen LogP contribution in [0.1, 0.15) is 22.0 Å². The number of rotatable bonds is 6. The highest BCUT2D eigenvalue weighted by Crippen LogP contribution is 2.41. The summed E-state index contributed by atoms with van der Waals surface area (Å²) in [4.78, 5) is 13.6. The Hall–Kier alpha value is -2.85. The number of ether oxygens (including phenoxy) is 1. The van der Waals surface area contributed by atoms with Gasteiger partial charge in [0.15, 0.2) is 11.6 Å². The van der Waals surface area contributed by atoms with Crippen LogP contribution in [0.2, 0.25) is 15.1 Å². The van der Waals surface area contributed by atoms with Crippen molar-refractivity contribution in [2.75, 3.05) is 5.43 Å². The third kappa shape index (κ3) is 5.01. The molecule has 12 heteroatoms. The fourth-order valence-electron chi connectivity index (χ4n) is 3.79. The second-order valence-corrected chi connectivity index (χ2v) is 10.1. The second-order valence-electron chi connectivity index (χ2n) is 7.73. The van der Waals surface area contributed by atoms with E-state index in [9.17, 15) is 13.6 Å². The Morgan fingerprint density at radius 3 is 2.33 bits per heavy atom. The van der Waals surface area contributed by atoms with E-state index in [4.69, 9.17) is 34.8 Å². The maximum atomic E-state index is 13.6. The Balaban J connectivity index is 1.53. The van der Waals surface area contributed by atoms with Gasteiger partial charge in [-0.15, -0.1) is 10.2 Å². The number of fused-ring (bicyclic) bond motifs is 1. The molecule has 4 aromatic rings. The lowest BCUT2D eigenvalue weighted by molar-refractivity contribution is -0.0498. The molecule has 0 radical (unpaired) electrons. The molecule has 5 rings (SSSR count). The summed E-state index contributed by atoms with van der Waals surface area (Å²) < 4.78 is 31.1. The van der Waals surface area contributed by atoms with Gasteiger partial charge < -0.3 is 10.2 Å². The minimum Gasteiger partial charge on any atom is -0.435 e. The second kappa shape index (κ2) is 10.3. The number of nitrogens with zero attached hydrogens (tertiary/aromatic N) is 3. The van der Waals surface area contributed by atoms with Crippen LogP contribution in [0.4, 0.5) is 8.78 Å². The number of hydrogen-bond acceptors (Lipinski definition) is 6. The van der Waals surface area contributed by atoms with Crippen LogP contribution in [0.3, 0.4) is 0 Å². The number of aromatic nitrogens is 3. The zero-order valence-electron chi connectivity index (χ0n) is 18.0. The van der Waals surface area contributed by atoms with Gasteiger partial charge >= 0.3 is 6.61 Å². The van der Waals surface area contributed by atoms with E-state index < -0.39 is 17.9 Å². The minimum absolute atomic E-state index is 0.0329. The fraction of sp³-hybridized carbons (Fsp3) is 0.125. The van der Waals surface area contributed by atoms with Gasteiger partial charge in [-0.25, -0.2) is 4.68 Å². The fourth-order valence-corrected chi connectivity index (χ4v) is 5.56. The average Bonchev–Trinajstić information content (AvgIpc) is 3.26. The lowest BCUT2D eigenvalue weighted by Gasteiger charge is -2.33. The van der Waals surface area contributed by atoms with Crippen molar-refractivity contribution in [3.63, 3.8) is 0 Å². The van der Waals surface area contributed by atoms with Crippen LogP contribution in [0.15, 0.2) is 71.9 Å². The van der Waals surface area contributed by atoms with Crippen LogP contribution in [0.5, 0.6) is 5.75 Å². The molecule has 0 spiro atoms. The molecule has 1 aliphatic rings. The summed E-state index contributed by atoms with van der Waals surface area (Å²) >= 11 is 19.8. The first-order valence-corrected chi connectivity index (χ1v) is 12.5. The standard InChI is InChI=1S/C24H15Cl3F2N4O2S/c25-14-5-1-12(2-6-14)19-21(20(34)13-3-8-16(9-4-13)35-23(28)29)36-24-31-30-22(33(24)32-19)17-10-7-15(26)11-18(17)27/h1-11,19,21,23,32H/t19-,21-/m0/s1. The normalized spacial score (nSPS) is 16.9. The van der Waals surface area contributed by atoms with E-state index in [1.54, 1.807) is 35.0 Å². The van der Waals surface area contributed by atoms with Gasteiger partial charge in [-0.1, -0.05) is 58.7 Å². The molecule has 0 saturated heterocycles. The molecule has 3 aromatic carbocycles. The molecule has 1 N–H and O–H groups in total. The summed E-state index contributed by atoms with van der Waals surface area (Å²) in [6.07, 6.45) is 0. The van der Waals surface area contributed by atoms with E-state index in [0.717, 1.165) is 5.56 Å². The van der Waals surface area contributed by atoms with E-state index in [0.29, 0.717) is 37.2 Å². The van der Waals surface area contributed by atoms with E-state index >= 15 is 0 Å². The quantitative estimate of drug-likeness (QED) is 0.250. The van der Waals surface area contributed by atoms with Gasteiger partial charge in [0.2, 0.25) is 5.16 Å². The van der Waals surface area contributed by atoms with Gasteiger partial charge in [-0.3, -0.25) is 4.79 Å². The Labute approximate surface area is 223 Å². The third-order valence-corrected chi connectivity index (χ3v) is 7.48. The predicted octanol–water partition coefficient (Wildman–Crippen LogP) is 7.15. The number of ketones is 1. The highest BCUT2D eigenvalue weighted by Gasteiger charge is 2.38. The summed E-state index contributed by atoms with van der Waals surface area (Å²) in [5.41, 5.74) is 5.10. The van der Waals surface area contributed by atoms with Gasteiger partial charge in [0.1, 0.15) is 11.0 Å². The third-order valence-electron chi connectivity index (χ3n) is 5.46. The summed E-state index contributed by atoms with van der Waals surface area (Å²) in [5, 5.41) is 9.79. The molecule has 6 nitrogen and oxygen atoms in total. The molecule has 0 amide bonds. The zero-order chi connectivity index (χ0) is 25.4. The Morgan fingerprint density at radius 1 is 0.972 bits per heavy atom. The molecular formula is C24H15Cl3F2N4O2S. The summed E-state index contributed by atoms with van der Waals surface area (Å²) in [6.45, 7) is -2.95. The number of nitrogens with one attached hydrogen (secondary N) is 1. The Kier molecular flexibility index (Phi) is 7.07. The number of thioether (sulfide) groups is 1. The highest BCUT2D eigenvalue weighted by atomic mass is 35.5. The molecule has 36 heavy (non-hydrogen) atoms. The van der Waals surface area contributed by atoms with Crippen molar-refractivity contribution >= 4 is 52.3 Å². The molecule has 1 aliphatic heterocycles. The van der Waals surface area contributed by atoms with Crippen molar-refractivity contribution in [3.05, 3.63) is 92.9 Å². The van der Waals surface area contributed by atoms with Crippen LogP contribution in [0.25, 0.3) is 11.4 Å². The molecule has 0 unspecified atom stereocenters. The van der Waals surface area contributed by atoms with Crippen molar-refractivity contribution < 1.29 is 18.3 Å². The SMILES string of the molecule is O=C(c1ccc(OC(F)F)cc1)[C@H]1Sc2nnc(-c3ccc(Cl)cc3Cl)n2N[C@H]1c1ccc(Cl)cc1. The summed E-state index contributed by atoms with van der Waals surface area (Å²) in [7, 11) is 0. The molecule has 0 aliphatic carbocycles. The van der Waals surface area contributed by atoms with Gasteiger partial charge in [0.25, 0.3) is 0 Å². The monoisotopic (exact) mass is 566 g/mol. The lowest BCUT2D eigenvalue weighted by atomic mass is 9.97. The van der Waals surface area contributed by atoms with E-state index in [1.807, 2.05) is 12.1 Å². The van der Waals surface area contributed by atoms with Crippen molar-refractivity contribution in [1.82, 2.24) is 14.9 Å². The van der Waals surface area contributed by atoms with Gasteiger partial charge in [-0.2, -0.15) is 8.78 Å². The zero-order valence-corrected chi connectivity index (χ0v) is 21.1. The van der Waals surface area contributed by atoms with Crippen molar-refractivity contribution in [1.29, 1.82) is 0 Å². The molecule has 2 atom stereocenters. The number of carbonyl (C=O) groups is 1. The van der Waals surface area contributed by atoms with Crippen molar-refractivity contribution in [3.8, 4) is 17.1 Å². The van der Waals surface area contributed by atoms with Crippen LogP contribution in [-0.2, 0) is 0 Å². The number of halogens is 5. The summed E-state index contributed by atoms with van der Waals surface area (Å²) in [6, 6.07) is 17.2. The van der Waals surface area contributed by atoms with E-state index in [2.05, 4.69) is 20.4 Å². The van der Waals surface area contributed by atoms with Crippen LogP contribution in [-0.4, -0.2) is 32.5 Å². The number of alkyl halides is 2. The first-order chi connectivity index (χ1) is 17.3. The van der Waals surface area contributed by atoms with E-state index in [-0.39, 0.29) is 11.5 Å². The van der Waals surface area contributed by atoms with Gasteiger partial charge in [0, 0.05) is 21.2 Å². The molecule has 0 saturated carbocycles. The number of Topliss-reactive ketones (excluding diaryl/α,β-unsaturated/α-hetero) is 1. The first-order valence-electron chi connectivity index (χ1n) is 10.5. The molecule has 184 valence electrons. The maximum absolute atomic E-state index is 13.6. The minimum atomic E-state index is -2.95. The molecule has 1 aromatic heterocycles. The van der Waals surface area contributed by atoms with Crippen molar-refractivity contribution in [2.45, 2.75) is 23.1 Å². The molecule has 0 fully saturated rings. The number of carbonyl (C=O) groups excluding carboxylic acids is 1. The van der Waals surface area contributed by atoms with Gasteiger partial charge in [-0.05, 0) is 60.2 Å². The highest BCUT2D eigenvalue weighted by molar-refractivity contribution is 8.00. The molecule has 2 heterocycles. The smallest absolute Gasteiger partial charge is 0.387 e. The van der Waals surface area contributed by atoms with Crippen LogP contribution in [0, 0.1) is 0 Å². The lowest BCUT2D eigenvalue weighted by Crippen LogP contribution is -2.39. The Bertz CT molecular complexity index is 1420. The van der Waals surface area contributed by atoms with Gasteiger partial charge in [0.05, 0.1) is 11.1 Å². The number of benzene rings is 3. The molecule has 0 bridgehead atoms.